The summed E-state index contributed by atoms with van der Waals surface area (Å²) in [5.74, 6) is 0.387. The van der Waals surface area contributed by atoms with Gasteiger partial charge in [-0.05, 0) is 38.1 Å². The van der Waals surface area contributed by atoms with Crippen LogP contribution in [0.5, 0.6) is 5.75 Å². The van der Waals surface area contributed by atoms with Crippen LogP contribution in [-0.4, -0.2) is 56.4 Å². The summed E-state index contributed by atoms with van der Waals surface area (Å²) in [5.41, 5.74) is 0.518. The zero-order valence-corrected chi connectivity index (χ0v) is 12.9. The molecule has 5 nitrogen and oxygen atoms in total. The third-order valence-corrected chi connectivity index (χ3v) is 3.61. The first kappa shape index (κ1) is 15.8. The van der Waals surface area contributed by atoms with Gasteiger partial charge in [-0.15, -0.1) is 0 Å². The van der Waals surface area contributed by atoms with Crippen molar-refractivity contribution in [2.45, 2.75) is 26.0 Å². The first-order valence-electron chi connectivity index (χ1n) is 7.27. The maximum absolute atomic E-state index is 11.3. The van der Waals surface area contributed by atoms with Gasteiger partial charge in [-0.3, -0.25) is 4.90 Å². The molecular weight excluding hydrogens is 270 g/mol. The van der Waals surface area contributed by atoms with Gasteiger partial charge in [0.05, 0.1) is 19.3 Å². The van der Waals surface area contributed by atoms with Crippen molar-refractivity contribution in [1.29, 1.82) is 0 Å². The molecule has 0 saturated carbocycles. The molecule has 1 heterocycles. The van der Waals surface area contributed by atoms with Gasteiger partial charge >= 0.3 is 5.97 Å². The molecule has 1 fully saturated rings. The molecule has 0 bridgehead atoms. The van der Waals surface area contributed by atoms with Crippen molar-refractivity contribution in [2.75, 3.05) is 33.4 Å². The topological polar surface area (TPSA) is 48.0 Å². The molecule has 1 atom stereocenters. The fraction of sp³-hybridized carbons (Fsp3) is 0.562. The number of morpholine rings is 1. The Bertz CT molecular complexity index is 458. The Hall–Kier alpha value is -1.59. The zero-order chi connectivity index (χ0) is 15.2. The number of rotatable bonds is 5. The minimum Gasteiger partial charge on any atom is -0.491 e. The van der Waals surface area contributed by atoms with E-state index < -0.39 is 0 Å². The van der Waals surface area contributed by atoms with E-state index in [2.05, 4.69) is 23.5 Å². The van der Waals surface area contributed by atoms with Gasteiger partial charge < -0.3 is 14.2 Å². The lowest BCUT2D eigenvalue weighted by molar-refractivity contribution is -0.0564. The predicted molar refractivity (Wildman–Crippen MR) is 79.7 cm³/mol. The molecule has 2 rings (SSSR count). The van der Waals surface area contributed by atoms with Crippen molar-refractivity contribution in [3.05, 3.63) is 29.8 Å². The average molecular weight is 293 g/mol. The molecule has 0 aromatic heterocycles. The molecule has 0 N–H and O–H groups in total. The van der Waals surface area contributed by atoms with Gasteiger partial charge in [0.25, 0.3) is 0 Å². The minimum absolute atomic E-state index is 0.0847. The first-order valence-corrected chi connectivity index (χ1v) is 7.27. The zero-order valence-electron chi connectivity index (χ0n) is 12.9. The molecule has 1 aromatic rings. The van der Waals surface area contributed by atoms with Crippen LogP contribution in [0.15, 0.2) is 24.3 Å². The maximum atomic E-state index is 11.3. The molecule has 5 heteroatoms. The molecular formula is C16H23NO4. The van der Waals surface area contributed by atoms with E-state index >= 15 is 0 Å². The highest BCUT2D eigenvalue weighted by Gasteiger charge is 2.22. The van der Waals surface area contributed by atoms with Crippen LogP contribution in [0.2, 0.25) is 0 Å². The Balaban J connectivity index is 1.84. The minimum atomic E-state index is -0.343. The van der Waals surface area contributed by atoms with Crippen molar-refractivity contribution in [3.8, 4) is 5.75 Å². The lowest BCUT2D eigenvalue weighted by atomic mass is 10.2. The van der Waals surface area contributed by atoms with Gasteiger partial charge in [0.2, 0.25) is 0 Å². The van der Waals surface area contributed by atoms with E-state index in [1.165, 1.54) is 7.11 Å². The predicted octanol–water partition coefficient (Wildman–Crippen LogP) is 1.96. The Morgan fingerprint density at radius 3 is 2.71 bits per heavy atom. The largest absolute Gasteiger partial charge is 0.491 e. The summed E-state index contributed by atoms with van der Waals surface area (Å²) in [4.78, 5) is 13.7. The van der Waals surface area contributed by atoms with Crippen molar-refractivity contribution < 1.29 is 19.0 Å². The van der Waals surface area contributed by atoms with E-state index in [1.807, 2.05) is 0 Å². The number of esters is 1. The van der Waals surface area contributed by atoms with Crippen molar-refractivity contribution in [1.82, 2.24) is 4.90 Å². The van der Waals surface area contributed by atoms with Crippen LogP contribution in [0.4, 0.5) is 0 Å². The summed E-state index contributed by atoms with van der Waals surface area (Å²) < 4.78 is 16.1. The second kappa shape index (κ2) is 7.43. The number of nitrogens with zero attached hydrogens (tertiary/aromatic N) is 1. The highest BCUT2D eigenvalue weighted by molar-refractivity contribution is 5.89. The second-order valence-electron chi connectivity index (χ2n) is 5.41. The monoisotopic (exact) mass is 293 g/mol. The standard InChI is InChI=1S/C16H23NO4/c1-12(2)17-8-9-20-15(10-17)11-21-14-6-4-13(5-7-14)16(18)19-3/h4-7,12,15H,8-11H2,1-3H3. The molecule has 0 spiro atoms. The number of ether oxygens (including phenoxy) is 3. The highest BCUT2D eigenvalue weighted by atomic mass is 16.5. The van der Waals surface area contributed by atoms with Gasteiger partial charge in [0.15, 0.2) is 0 Å². The van der Waals surface area contributed by atoms with Crippen LogP contribution < -0.4 is 4.74 Å². The summed E-state index contributed by atoms with van der Waals surface area (Å²) in [6.45, 7) is 7.50. The number of methoxy groups -OCH3 is 1. The molecule has 1 aromatic carbocycles. The van der Waals surface area contributed by atoms with E-state index in [4.69, 9.17) is 9.47 Å². The fourth-order valence-corrected chi connectivity index (χ4v) is 2.31. The second-order valence-corrected chi connectivity index (χ2v) is 5.41. The summed E-state index contributed by atoms with van der Waals surface area (Å²) in [6.07, 6.45) is 0.0847. The molecule has 0 radical (unpaired) electrons. The van der Waals surface area contributed by atoms with Gasteiger partial charge in [-0.2, -0.15) is 0 Å². The summed E-state index contributed by atoms with van der Waals surface area (Å²) in [7, 11) is 1.37. The van der Waals surface area contributed by atoms with E-state index in [0.717, 1.165) is 25.4 Å². The average Bonchev–Trinajstić information content (AvgIpc) is 2.53. The smallest absolute Gasteiger partial charge is 0.337 e. The first-order chi connectivity index (χ1) is 10.1. The van der Waals surface area contributed by atoms with Crippen LogP contribution in [0.3, 0.4) is 0 Å². The molecule has 1 aliphatic heterocycles. The van der Waals surface area contributed by atoms with Gasteiger partial charge in [-0.1, -0.05) is 0 Å². The van der Waals surface area contributed by atoms with Crippen LogP contribution >= 0.6 is 0 Å². The van der Waals surface area contributed by atoms with Gasteiger partial charge in [-0.25, -0.2) is 4.79 Å². The molecule has 1 aliphatic rings. The van der Waals surface area contributed by atoms with E-state index in [9.17, 15) is 4.79 Å². The normalized spacial score (nSPS) is 19.5. The Morgan fingerprint density at radius 1 is 1.38 bits per heavy atom. The number of hydrogen-bond acceptors (Lipinski definition) is 5. The molecule has 0 aliphatic carbocycles. The third kappa shape index (κ3) is 4.44. The molecule has 0 amide bonds. The van der Waals surface area contributed by atoms with Crippen LogP contribution in [0.25, 0.3) is 0 Å². The number of carbonyl (C=O) groups excluding carboxylic acids is 1. The van der Waals surface area contributed by atoms with Crippen molar-refractivity contribution in [2.24, 2.45) is 0 Å². The molecule has 1 saturated heterocycles. The van der Waals surface area contributed by atoms with E-state index in [0.29, 0.717) is 18.2 Å². The van der Waals surface area contributed by atoms with Gasteiger partial charge in [0, 0.05) is 19.1 Å². The lowest BCUT2D eigenvalue weighted by Gasteiger charge is -2.35. The summed E-state index contributed by atoms with van der Waals surface area (Å²) in [6, 6.07) is 7.47. The SMILES string of the molecule is COC(=O)c1ccc(OCC2CN(C(C)C)CCO2)cc1. The Labute approximate surface area is 125 Å². The lowest BCUT2D eigenvalue weighted by Crippen LogP contribution is -2.47. The quantitative estimate of drug-likeness (QED) is 0.777. The van der Waals surface area contributed by atoms with E-state index in [-0.39, 0.29) is 12.1 Å². The summed E-state index contributed by atoms with van der Waals surface area (Å²) >= 11 is 0. The van der Waals surface area contributed by atoms with Crippen molar-refractivity contribution >= 4 is 5.97 Å². The fourth-order valence-electron chi connectivity index (χ4n) is 2.31. The number of carbonyl (C=O) groups is 1. The molecule has 1 unspecified atom stereocenters. The number of hydrogen-bond donors (Lipinski definition) is 0. The van der Waals surface area contributed by atoms with Crippen LogP contribution in [0, 0.1) is 0 Å². The molecule has 21 heavy (non-hydrogen) atoms. The number of benzene rings is 1. The highest BCUT2D eigenvalue weighted by Crippen LogP contribution is 2.15. The van der Waals surface area contributed by atoms with E-state index in [1.54, 1.807) is 24.3 Å². The van der Waals surface area contributed by atoms with Crippen LogP contribution in [-0.2, 0) is 9.47 Å². The Kier molecular flexibility index (Phi) is 5.59. The Morgan fingerprint density at radius 2 is 2.10 bits per heavy atom. The maximum Gasteiger partial charge on any atom is 0.337 e. The molecule has 116 valence electrons. The summed E-state index contributed by atoms with van der Waals surface area (Å²) in [5, 5.41) is 0. The van der Waals surface area contributed by atoms with Crippen molar-refractivity contribution in [3.63, 3.8) is 0 Å². The van der Waals surface area contributed by atoms with Gasteiger partial charge in [0.1, 0.15) is 18.5 Å². The van der Waals surface area contributed by atoms with Crippen LogP contribution in [0.1, 0.15) is 24.2 Å². The third-order valence-electron chi connectivity index (χ3n) is 3.61.